The molecule has 2 rings (SSSR count). The minimum Gasteiger partial charge on any atom is -0.396 e. The standard InChI is InChI=1S/C15H27F3N4O3S.HI/c1-2-19-13(21-10-14(11-23)5-6-14)20-9-12-3-7-22(8-4-12)26(24,25)15(16,17)18;/h12,23H,2-11H2,1H3,(H2,19,20,21);1H. The average molecular weight is 528 g/mol. The van der Waals surface area contributed by atoms with Crippen molar-refractivity contribution in [2.75, 3.05) is 39.3 Å². The number of nitrogens with one attached hydrogen (secondary N) is 2. The van der Waals surface area contributed by atoms with Crippen LogP contribution in [0.3, 0.4) is 0 Å². The van der Waals surface area contributed by atoms with E-state index in [2.05, 4.69) is 15.6 Å². The summed E-state index contributed by atoms with van der Waals surface area (Å²) in [5.74, 6) is 0.684. The number of alkyl halides is 3. The van der Waals surface area contributed by atoms with Crippen LogP contribution in [-0.4, -0.2) is 68.6 Å². The molecule has 1 saturated carbocycles. The van der Waals surface area contributed by atoms with Crippen LogP contribution in [0.15, 0.2) is 4.99 Å². The zero-order valence-electron chi connectivity index (χ0n) is 15.3. The summed E-state index contributed by atoms with van der Waals surface area (Å²) >= 11 is 0. The number of hydrogen-bond donors (Lipinski definition) is 3. The Bertz CT molecular complexity index is 604. The van der Waals surface area contributed by atoms with Gasteiger partial charge in [0.15, 0.2) is 5.96 Å². The Kier molecular flexibility index (Phi) is 9.07. The van der Waals surface area contributed by atoms with E-state index in [0.717, 1.165) is 12.8 Å². The van der Waals surface area contributed by atoms with Gasteiger partial charge >= 0.3 is 15.5 Å². The maximum Gasteiger partial charge on any atom is 0.511 e. The first-order chi connectivity index (χ1) is 12.1. The minimum absolute atomic E-state index is 0. The molecule has 2 aliphatic rings. The Labute approximate surface area is 175 Å². The minimum atomic E-state index is -5.24. The van der Waals surface area contributed by atoms with Crippen LogP contribution in [0, 0.1) is 11.3 Å². The second kappa shape index (κ2) is 9.92. The van der Waals surface area contributed by atoms with Crippen LogP contribution in [0.25, 0.3) is 0 Å². The highest BCUT2D eigenvalue weighted by molar-refractivity contribution is 14.0. The number of aliphatic imine (C=N–C) groups is 1. The lowest BCUT2D eigenvalue weighted by atomic mass is 9.98. The molecule has 2 fully saturated rings. The van der Waals surface area contributed by atoms with Crippen LogP contribution in [0.2, 0.25) is 0 Å². The van der Waals surface area contributed by atoms with Crippen molar-refractivity contribution in [1.82, 2.24) is 14.9 Å². The van der Waals surface area contributed by atoms with E-state index in [1.807, 2.05) is 6.92 Å². The van der Waals surface area contributed by atoms with Gasteiger partial charge in [0.1, 0.15) is 0 Å². The quantitative estimate of drug-likeness (QED) is 0.265. The van der Waals surface area contributed by atoms with Crippen molar-refractivity contribution in [3.63, 3.8) is 0 Å². The summed E-state index contributed by atoms with van der Waals surface area (Å²) in [5.41, 5.74) is -5.34. The van der Waals surface area contributed by atoms with E-state index in [0.29, 0.717) is 42.7 Å². The molecule has 12 heteroatoms. The van der Waals surface area contributed by atoms with Crippen LogP contribution < -0.4 is 10.6 Å². The fraction of sp³-hybridized carbons (Fsp3) is 0.933. The Hall–Kier alpha value is -0.340. The van der Waals surface area contributed by atoms with E-state index < -0.39 is 15.5 Å². The number of rotatable bonds is 7. The number of piperidine rings is 1. The normalized spacial score (nSPS) is 21.4. The van der Waals surface area contributed by atoms with Crippen LogP contribution >= 0.6 is 24.0 Å². The maximum atomic E-state index is 12.6. The molecular formula is C15H28F3IN4O3S. The van der Waals surface area contributed by atoms with Gasteiger partial charge < -0.3 is 15.7 Å². The summed E-state index contributed by atoms with van der Waals surface area (Å²) in [6.07, 6.45) is 2.64. The van der Waals surface area contributed by atoms with Crippen LogP contribution in [0.5, 0.6) is 0 Å². The lowest BCUT2D eigenvalue weighted by Gasteiger charge is -2.31. The molecule has 0 amide bonds. The van der Waals surface area contributed by atoms with Crippen LogP contribution in [-0.2, 0) is 10.0 Å². The number of nitrogens with zero attached hydrogens (tertiary/aromatic N) is 2. The van der Waals surface area contributed by atoms with Gasteiger partial charge in [-0.15, -0.1) is 24.0 Å². The molecule has 3 N–H and O–H groups in total. The second-order valence-electron chi connectivity index (χ2n) is 7.03. The van der Waals surface area contributed by atoms with Crippen molar-refractivity contribution in [2.24, 2.45) is 16.3 Å². The van der Waals surface area contributed by atoms with Crippen molar-refractivity contribution >= 4 is 40.0 Å². The summed E-state index contributed by atoms with van der Waals surface area (Å²) in [4.78, 5) is 4.47. The molecular weight excluding hydrogens is 500 g/mol. The second-order valence-corrected chi connectivity index (χ2v) is 8.96. The summed E-state index contributed by atoms with van der Waals surface area (Å²) in [6.45, 7) is 3.49. The first-order valence-electron chi connectivity index (χ1n) is 8.83. The highest BCUT2D eigenvalue weighted by atomic mass is 127. The van der Waals surface area contributed by atoms with Gasteiger partial charge in [-0.2, -0.15) is 17.5 Å². The monoisotopic (exact) mass is 528 g/mol. The molecule has 0 radical (unpaired) electrons. The van der Waals surface area contributed by atoms with E-state index in [-0.39, 0.29) is 55.0 Å². The molecule has 0 bridgehead atoms. The zero-order valence-corrected chi connectivity index (χ0v) is 18.4. The van der Waals surface area contributed by atoms with Gasteiger partial charge in [-0.3, -0.25) is 4.99 Å². The van der Waals surface area contributed by atoms with Crippen molar-refractivity contribution in [2.45, 2.75) is 38.1 Å². The summed E-state index contributed by atoms with van der Waals surface area (Å²) in [7, 11) is -5.23. The van der Waals surface area contributed by atoms with E-state index in [1.54, 1.807) is 0 Å². The van der Waals surface area contributed by atoms with E-state index >= 15 is 0 Å². The summed E-state index contributed by atoms with van der Waals surface area (Å²) < 4.78 is 61.1. The molecule has 1 aliphatic heterocycles. The Morgan fingerprint density at radius 3 is 2.30 bits per heavy atom. The number of sulfonamides is 1. The molecule has 160 valence electrons. The smallest absolute Gasteiger partial charge is 0.396 e. The SMILES string of the molecule is CCNC(=NCC1(CO)CC1)NCC1CCN(S(=O)(=O)C(F)(F)F)CC1.I. The summed E-state index contributed by atoms with van der Waals surface area (Å²) in [6, 6.07) is 0. The predicted octanol–water partition coefficient (Wildman–Crippen LogP) is 1.49. The van der Waals surface area contributed by atoms with Gasteiger partial charge in [-0.1, -0.05) is 0 Å². The van der Waals surface area contributed by atoms with Gasteiger partial charge in [0.25, 0.3) is 0 Å². The summed E-state index contributed by atoms with van der Waals surface area (Å²) in [5, 5.41) is 15.6. The lowest BCUT2D eigenvalue weighted by Crippen LogP contribution is -2.47. The third kappa shape index (κ3) is 6.60. The number of halogens is 4. The average Bonchev–Trinajstić information content (AvgIpc) is 3.37. The molecule has 0 unspecified atom stereocenters. The van der Waals surface area contributed by atoms with E-state index in [9.17, 15) is 26.7 Å². The van der Waals surface area contributed by atoms with E-state index in [4.69, 9.17) is 0 Å². The van der Waals surface area contributed by atoms with Crippen molar-refractivity contribution in [1.29, 1.82) is 0 Å². The van der Waals surface area contributed by atoms with Gasteiger partial charge in [0, 0.05) is 31.6 Å². The van der Waals surface area contributed by atoms with Crippen LogP contribution in [0.4, 0.5) is 13.2 Å². The highest BCUT2D eigenvalue weighted by Crippen LogP contribution is 2.45. The first-order valence-corrected chi connectivity index (χ1v) is 10.3. The Morgan fingerprint density at radius 2 is 1.85 bits per heavy atom. The largest absolute Gasteiger partial charge is 0.511 e. The van der Waals surface area contributed by atoms with Gasteiger partial charge in [0.2, 0.25) is 0 Å². The number of aliphatic hydroxyl groups is 1. The number of guanidine groups is 1. The zero-order chi connectivity index (χ0) is 19.4. The molecule has 0 spiro atoms. The third-order valence-electron chi connectivity index (χ3n) is 4.97. The topological polar surface area (TPSA) is 94.0 Å². The number of hydrogen-bond acceptors (Lipinski definition) is 4. The van der Waals surface area contributed by atoms with Gasteiger partial charge in [-0.05, 0) is 38.5 Å². The molecule has 1 heterocycles. The highest BCUT2D eigenvalue weighted by Gasteiger charge is 2.50. The molecule has 27 heavy (non-hydrogen) atoms. The predicted molar refractivity (Wildman–Crippen MR) is 107 cm³/mol. The Balaban J connectivity index is 0.00000364. The fourth-order valence-corrected chi connectivity index (χ4v) is 3.86. The van der Waals surface area contributed by atoms with Gasteiger partial charge in [0.05, 0.1) is 13.2 Å². The van der Waals surface area contributed by atoms with E-state index in [1.165, 1.54) is 0 Å². The molecule has 0 aromatic heterocycles. The van der Waals surface area contributed by atoms with Crippen molar-refractivity contribution in [3.05, 3.63) is 0 Å². The fourth-order valence-electron chi connectivity index (χ4n) is 2.87. The van der Waals surface area contributed by atoms with Crippen molar-refractivity contribution in [3.8, 4) is 0 Å². The van der Waals surface area contributed by atoms with Gasteiger partial charge in [-0.25, -0.2) is 8.42 Å². The Morgan fingerprint density at radius 1 is 1.26 bits per heavy atom. The molecule has 0 aromatic carbocycles. The first kappa shape index (κ1) is 24.7. The lowest BCUT2D eigenvalue weighted by molar-refractivity contribution is -0.0496. The molecule has 7 nitrogen and oxygen atoms in total. The van der Waals surface area contributed by atoms with Crippen LogP contribution in [0.1, 0.15) is 32.6 Å². The molecule has 1 aliphatic carbocycles. The molecule has 0 aromatic rings. The molecule has 0 atom stereocenters. The molecule has 1 saturated heterocycles. The van der Waals surface area contributed by atoms with Crippen molar-refractivity contribution < 1.29 is 26.7 Å². The maximum absolute atomic E-state index is 12.6. The number of aliphatic hydroxyl groups excluding tert-OH is 1. The third-order valence-corrected chi connectivity index (χ3v) is 6.60.